The average Bonchev–Trinajstić information content (AvgIpc) is 2.86. The number of amides is 1. The van der Waals surface area contributed by atoms with E-state index in [9.17, 15) is 19.8 Å². The third kappa shape index (κ3) is 2.92. The molecular formula is C14H16NO5S-. The van der Waals surface area contributed by atoms with Crippen LogP contribution in [0.3, 0.4) is 0 Å². The van der Waals surface area contributed by atoms with E-state index in [1.165, 1.54) is 23.6 Å². The number of aliphatic carboxylic acids is 1. The zero-order chi connectivity index (χ0) is 15.6. The van der Waals surface area contributed by atoms with Gasteiger partial charge in [-0.1, -0.05) is 12.1 Å². The van der Waals surface area contributed by atoms with Gasteiger partial charge in [0, 0.05) is 18.2 Å². The summed E-state index contributed by atoms with van der Waals surface area (Å²) in [7, 11) is 0. The number of benzene rings is 1. The van der Waals surface area contributed by atoms with Crippen molar-refractivity contribution in [3.63, 3.8) is 0 Å². The molecule has 21 heavy (non-hydrogen) atoms. The van der Waals surface area contributed by atoms with E-state index in [-0.39, 0.29) is 17.4 Å². The quantitative estimate of drug-likeness (QED) is 0.871. The van der Waals surface area contributed by atoms with Gasteiger partial charge in [0.25, 0.3) is 0 Å². The van der Waals surface area contributed by atoms with Gasteiger partial charge in [-0.2, -0.15) is 0 Å². The molecule has 1 aromatic rings. The number of carboxylic acid groups (broad SMARTS) is 1. The van der Waals surface area contributed by atoms with E-state index in [1.54, 1.807) is 25.1 Å². The van der Waals surface area contributed by atoms with Gasteiger partial charge >= 0.3 is 0 Å². The van der Waals surface area contributed by atoms with Crippen molar-refractivity contribution in [2.45, 2.75) is 25.3 Å². The number of aromatic hydroxyl groups is 1. The van der Waals surface area contributed by atoms with Crippen molar-refractivity contribution in [1.82, 2.24) is 4.90 Å². The number of thioether (sulfide) groups is 1. The minimum absolute atomic E-state index is 0.0675. The molecule has 7 heteroatoms. The highest BCUT2D eigenvalue weighted by Crippen LogP contribution is 2.46. The van der Waals surface area contributed by atoms with Crippen LogP contribution in [0.2, 0.25) is 0 Å². The van der Waals surface area contributed by atoms with Crippen LogP contribution in [0.5, 0.6) is 11.5 Å². The van der Waals surface area contributed by atoms with Gasteiger partial charge < -0.3 is 24.6 Å². The van der Waals surface area contributed by atoms with Crippen LogP contribution in [0, 0.1) is 0 Å². The number of phenols is 1. The van der Waals surface area contributed by atoms with Crippen molar-refractivity contribution < 1.29 is 24.5 Å². The summed E-state index contributed by atoms with van der Waals surface area (Å²) < 4.78 is 5.32. The molecule has 1 aromatic carbocycles. The number of carbonyl (C=O) groups excluding carboxylic acids is 2. The van der Waals surface area contributed by atoms with Gasteiger partial charge in [-0.05, 0) is 13.0 Å². The molecule has 2 rings (SSSR count). The van der Waals surface area contributed by atoms with Crippen LogP contribution >= 0.6 is 11.8 Å². The molecule has 1 aliphatic heterocycles. The number of hydrogen-bond donors (Lipinski definition) is 1. The number of rotatable bonds is 4. The molecule has 1 fully saturated rings. The lowest BCUT2D eigenvalue weighted by atomic mass is 10.1. The first-order valence-corrected chi connectivity index (χ1v) is 7.58. The summed E-state index contributed by atoms with van der Waals surface area (Å²) in [6.45, 7) is 3.50. The van der Waals surface area contributed by atoms with Crippen LogP contribution in [-0.4, -0.2) is 40.3 Å². The van der Waals surface area contributed by atoms with Gasteiger partial charge in [0.1, 0.15) is 5.37 Å². The fraction of sp³-hybridized carbons (Fsp3) is 0.429. The first kappa shape index (κ1) is 15.5. The van der Waals surface area contributed by atoms with Crippen molar-refractivity contribution in [2.75, 3.05) is 12.4 Å². The van der Waals surface area contributed by atoms with Gasteiger partial charge in [0.2, 0.25) is 5.91 Å². The summed E-state index contributed by atoms with van der Waals surface area (Å²) in [6.07, 6.45) is 0. The van der Waals surface area contributed by atoms with E-state index in [1.807, 2.05) is 0 Å². The Morgan fingerprint density at radius 1 is 1.52 bits per heavy atom. The minimum Gasteiger partial charge on any atom is -0.548 e. The van der Waals surface area contributed by atoms with Crippen LogP contribution in [0.4, 0.5) is 0 Å². The highest BCUT2D eigenvalue weighted by atomic mass is 32.2. The SMILES string of the molecule is CCOc1cccc([C@@H]2SC[C@H](C(=O)[O-])N2C(C)=O)c1O. The maximum Gasteiger partial charge on any atom is 0.221 e. The topological polar surface area (TPSA) is 89.9 Å². The standard InChI is InChI=1S/C14H17NO5S/c1-3-20-11-6-4-5-9(12(11)17)13-15(8(2)16)10(7-21-13)14(18)19/h4-6,10,13,17H,3,7H2,1-2H3,(H,18,19)/p-1/t10-,13+/m1/s1. The van der Waals surface area contributed by atoms with E-state index in [2.05, 4.69) is 0 Å². The third-order valence-electron chi connectivity index (χ3n) is 3.23. The van der Waals surface area contributed by atoms with Crippen LogP contribution in [0.25, 0.3) is 0 Å². The number of carbonyl (C=O) groups is 2. The molecule has 114 valence electrons. The minimum atomic E-state index is -1.29. The molecule has 0 saturated carbocycles. The van der Waals surface area contributed by atoms with Gasteiger partial charge in [0.05, 0.1) is 18.6 Å². The number of nitrogens with zero attached hydrogens (tertiary/aromatic N) is 1. The molecule has 1 N–H and O–H groups in total. The van der Waals surface area contributed by atoms with E-state index < -0.39 is 17.4 Å². The second kappa shape index (κ2) is 6.26. The van der Waals surface area contributed by atoms with Gasteiger partial charge in [-0.15, -0.1) is 11.8 Å². The zero-order valence-electron chi connectivity index (χ0n) is 11.7. The molecule has 1 amide bonds. The predicted molar refractivity (Wildman–Crippen MR) is 75.8 cm³/mol. The lowest BCUT2D eigenvalue weighted by Crippen LogP contribution is -2.48. The number of hydrogen-bond acceptors (Lipinski definition) is 6. The molecule has 0 aliphatic carbocycles. The number of phenolic OH excluding ortho intramolecular Hbond substituents is 1. The number of ether oxygens (including phenoxy) is 1. The molecule has 0 aromatic heterocycles. The lowest BCUT2D eigenvalue weighted by molar-refractivity contribution is -0.310. The summed E-state index contributed by atoms with van der Waals surface area (Å²) >= 11 is 1.28. The molecule has 2 atom stereocenters. The van der Waals surface area contributed by atoms with Crippen molar-refractivity contribution >= 4 is 23.6 Å². The van der Waals surface area contributed by atoms with Crippen LogP contribution in [0.1, 0.15) is 24.8 Å². The van der Waals surface area contributed by atoms with Crippen molar-refractivity contribution in [1.29, 1.82) is 0 Å². The Morgan fingerprint density at radius 2 is 2.24 bits per heavy atom. The molecule has 0 radical (unpaired) electrons. The molecule has 1 saturated heterocycles. The van der Waals surface area contributed by atoms with Crippen molar-refractivity contribution in [3.05, 3.63) is 23.8 Å². The normalized spacial score (nSPS) is 21.3. The Morgan fingerprint density at radius 3 is 2.81 bits per heavy atom. The van der Waals surface area contributed by atoms with E-state index in [4.69, 9.17) is 4.74 Å². The average molecular weight is 310 g/mol. The maximum atomic E-state index is 11.8. The second-order valence-electron chi connectivity index (χ2n) is 4.57. The Balaban J connectivity index is 2.39. The lowest BCUT2D eigenvalue weighted by Gasteiger charge is -2.29. The first-order valence-electron chi connectivity index (χ1n) is 6.53. The molecule has 0 unspecified atom stereocenters. The van der Waals surface area contributed by atoms with E-state index >= 15 is 0 Å². The molecule has 6 nitrogen and oxygen atoms in total. The molecule has 1 heterocycles. The highest BCUT2D eigenvalue weighted by Gasteiger charge is 2.39. The van der Waals surface area contributed by atoms with Crippen molar-refractivity contribution in [3.8, 4) is 11.5 Å². The van der Waals surface area contributed by atoms with E-state index in [0.717, 1.165) is 0 Å². The summed E-state index contributed by atoms with van der Waals surface area (Å²) in [5, 5.41) is 20.8. The van der Waals surface area contributed by atoms with Crippen molar-refractivity contribution in [2.24, 2.45) is 0 Å². The van der Waals surface area contributed by atoms with Gasteiger partial charge in [-0.25, -0.2) is 0 Å². The number of carboxylic acids is 1. The Bertz CT molecular complexity index is 562. The third-order valence-corrected chi connectivity index (χ3v) is 4.54. The zero-order valence-corrected chi connectivity index (χ0v) is 12.6. The fourth-order valence-corrected chi connectivity index (χ4v) is 3.81. The summed E-state index contributed by atoms with van der Waals surface area (Å²) in [6, 6.07) is 3.98. The van der Waals surface area contributed by atoms with Gasteiger partial charge in [0.15, 0.2) is 11.5 Å². The fourth-order valence-electron chi connectivity index (χ4n) is 2.32. The second-order valence-corrected chi connectivity index (χ2v) is 5.69. The Labute approximate surface area is 126 Å². The van der Waals surface area contributed by atoms with E-state index in [0.29, 0.717) is 17.9 Å². The molecule has 0 bridgehead atoms. The highest BCUT2D eigenvalue weighted by molar-refractivity contribution is 7.99. The molecule has 0 spiro atoms. The first-order chi connectivity index (χ1) is 9.97. The maximum absolute atomic E-state index is 11.8. The summed E-state index contributed by atoms with van der Waals surface area (Å²) in [5.74, 6) is -1.19. The largest absolute Gasteiger partial charge is 0.548 e. The smallest absolute Gasteiger partial charge is 0.221 e. The number of para-hydroxylation sites is 1. The van der Waals surface area contributed by atoms with Gasteiger partial charge in [-0.3, -0.25) is 4.79 Å². The Kier molecular flexibility index (Phi) is 4.62. The van der Waals surface area contributed by atoms with Crippen LogP contribution in [0.15, 0.2) is 18.2 Å². The summed E-state index contributed by atoms with van der Waals surface area (Å²) in [5.41, 5.74) is 0.463. The summed E-state index contributed by atoms with van der Waals surface area (Å²) in [4.78, 5) is 24.1. The monoisotopic (exact) mass is 310 g/mol. The van der Waals surface area contributed by atoms with Crippen LogP contribution < -0.4 is 9.84 Å². The molecular weight excluding hydrogens is 294 g/mol. The Hall–Kier alpha value is -1.89. The van der Waals surface area contributed by atoms with Crippen LogP contribution in [-0.2, 0) is 9.59 Å². The molecule has 1 aliphatic rings. The predicted octanol–water partition coefficient (Wildman–Crippen LogP) is 0.503.